The van der Waals surface area contributed by atoms with Gasteiger partial charge in [0.25, 0.3) is 0 Å². The van der Waals surface area contributed by atoms with Gasteiger partial charge >= 0.3 is 5.97 Å². The Morgan fingerprint density at radius 3 is 2.61 bits per heavy atom. The Bertz CT molecular complexity index is 793. The van der Waals surface area contributed by atoms with Gasteiger partial charge in [0, 0.05) is 4.75 Å². The lowest BCUT2D eigenvalue weighted by Crippen LogP contribution is -2.70. The summed E-state index contributed by atoms with van der Waals surface area (Å²) >= 11 is 1.55. The maximum Gasteiger partial charge on any atom is 0.330 e. The minimum Gasteiger partial charge on any atom is -0.461 e. The van der Waals surface area contributed by atoms with E-state index in [0.29, 0.717) is 5.92 Å². The second-order valence-electron chi connectivity index (χ2n) is 8.45. The molecule has 1 aromatic carbocycles. The molecule has 1 aliphatic carbocycles. The van der Waals surface area contributed by atoms with Crippen molar-refractivity contribution < 1.29 is 19.1 Å². The Hall–Kier alpha value is -2.02. The summed E-state index contributed by atoms with van der Waals surface area (Å²) in [6.45, 7) is 5.84. The van der Waals surface area contributed by atoms with Crippen molar-refractivity contribution in [2.24, 2.45) is 5.92 Å². The number of thioether (sulfide) groups is 1. The van der Waals surface area contributed by atoms with Crippen molar-refractivity contribution in [3.63, 3.8) is 0 Å². The largest absolute Gasteiger partial charge is 0.461 e. The van der Waals surface area contributed by atoms with Crippen LogP contribution in [-0.2, 0) is 25.5 Å². The lowest BCUT2D eigenvalue weighted by atomic mass is 9.95. The van der Waals surface area contributed by atoms with Gasteiger partial charge in [-0.2, -0.15) is 0 Å². The summed E-state index contributed by atoms with van der Waals surface area (Å²) in [5, 5.41) is 2.62. The number of hydrogen-bond donors (Lipinski definition) is 1. The first-order chi connectivity index (χ1) is 13.3. The van der Waals surface area contributed by atoms with Crippen molar-refractivity contribution in [3.05, 3.63) is 35.9 Å². The summed E-state index contributed by atoms with van der Waals surface area (Å²) in [5.74, 6) is -0.266. The van der Waals surface area contributed by atoms with Crippen molar-refractivity contribution in [1.29, 1.82) is 0 Å². The standard InChI is InChI=1S/C21H26N2O4S/c1-12(14-9-10-14)27-20(26)17-21(2,3)28-19-16(18(25)23(17)19)22-15(24)11-13-7-5-4-6-8-13/h4-8,12,14,16-17,19H,9-11H2,1-3H3,(H,22,24). The van der Waals surface area contributed by atoms with Gasteiger partial charge in [0.05, 0.1) is 6.42 Å². The van der Waals surface area contributed by atoms with E-state index < -0.39 is 16.8 Å². The van der Waals surface area contributed by atoms with Crippen LogP contribution in [0.5, 0.6) is 0 Å². The van der Waals surface area contributed by atoms with E-state index in [4.69, 9.17) is 4.74 Å². The van der Waals surface area contributed by atoms with Crippen LogP contribution >= 0.6 is 11.8 Å². The van der Waals surface area contributed by atoms with Crippen molar-refractivity contribution in [1.82, 2.24) is 10.2 Å². The van der Waals surface area contributed by atoms with E-state index in [1.165, 1.54) is 0 Å². The molecule has 2 aliphatic heterocycles. The number of amides is 2. The number of ether oxygens (including phenoxy) is 1. The highest BCUT2D eigenvalue weighted by atomic mass is 32.2. The number of fused-ring (bicyclic) bond motifs is 1. The van der Waals surface area contributed by atoms with Crippen LogP contribution in [0.3, 0.4) is 0 Å². The van der Waals surface area contributed by atoms with Crippen molar-refractivity contribution in [3.8, 4) is 0 Å². The van der Waals surface area contributed by atoms with Crippen LogP contribution in [0.2, 0.25) is 0 Å². The van der Waals surface area contributed by atoms with Crippen molar-refractivity contribution in [2.45, 2.75) is 68.3 Å². The minimum atomic E-state index is -0.613. The molecule has 3 fully saturated rings. The van der Waals surface area contributed by atoms with Gasteiger partial charge in [-0.05, 0) is 45.1 Å². The molecule has 4 rings (SSSR count). The number of carbonyl (C=O) groups is 3. The van der Waals surface area contributed by atoms with Gasteiger partial charge < -0.3 is 15.0 Å². The Labute approximate surface area is 169 Å². The third-order valence-electron chi connectivity index (χ3n) is 5.78. The number of carbonyl (C=O) groups excluding carboxylic acids is 3. The Kier molecular flexibility index (Phi) is 4.89. The fraction of sp³-hybridized carbons (Fsp3) is 0.571. The molecule has 3 aliphatic rings. The molecule has 4 atom stereocenters. The lowest BCUT2D eigenvalue weighted by Gasteiger charge is -2.44. The molecular formula is C21H26N2O4S. The van der Waals surface area contributed by atoms with Gasteiger partial charge in [0.2, 0.25) is 11.8 Å². The van der Waals surface area contributed by atoms with Crippen LogP contribution < -0.4 is 5.32 Å². The second kappa shape index (κ2) is 7.10. The molecule has 2 saturated heterocycles. The highest BCUT2D eigenvalue weighted by molar-refractivity contribution is 8.01. The molecule has 0 spiro atoms. The van der Waals surface area contributed by atoms with E-state index >= 15 is 0 Å². The first kappa shape index (κ1) is 19.3. The van der Waals surface area contributed by atoms with E-state index in [9.17, 15) is 14.4 Å². The zero-order chi connectivity index (χ0) is 20.1. The zero-order valence-electron chi connectivity index (χ0n) is 16.4. The molecule has 0 bridgehead atoms. The van der Waals surface area contributed by atoms with Crippen molar-refractivity contribution in [2.75, 3.05) is 0 Å². The predicted molar refractivity (Wildman–Crippen MR) is 106 cm³/mol. The molecule has 4 unspecified atom stereocenters. The van der Waals surface area contributed by atoms with Crippen molar-refractivity contribution >= 4 is 29.5 Å². The molecule has 150 valence electrons. The molecule has 1 aromatic rings. The SMILES string of the molecule is CC(OC(=O)C1N2C(=O)C(NC(=O)Cc3ccccc3)C2SC1(C)C)C1CC1. The summed E-state index contributed by atoms with van der Waals surface area (Å²) in [7, 11) is 0. The summed E-state index contributed by atoms with van der Waals surface area (Å²) < 4.78 is 5.20. The molecular weight excluding hydrogens is 376 g/mol. The normalized spacial score (nSPS) is 28.9. The van der Waals surface area contributed by atoms with Crippen LogP contribution in [0.15, 0.2) is 30.3 Å². The predicted octanol–water partition coefficient (Wildman–Crippen LogP) is 2.12. The Morgan fingerprint density at radius 2 is 1.96 bits per heavy atom. The average molecular weight is 403 g/mol. The van der Waals surface area contributed by atoms with Crippen LogP contribution in [0.25, 0.3) is 0 Å². The number of nitrogens with zero attached hydrogens (tertiary/aromatic N) is 1. The first-order valence-corrected chi connectivity index (χ1v) is 10.7. The summed E-state index contributed by atoms with van der Waals surface area (Å²) in [5.41, 5.74) is 0.901. The van der Waals surface area contributed by atoms with E-state index in [1.54, 1.807) is 16.7 Å². The molecule has 28 heavy (non-hydrogen) atoms. The fourth-order valence-corrected chi connectivity index (χ4v) is 5.66. The third-order valence-corrected chi connectivity index (χ3v) is 7.35. The molecule has 1 N–H and O–H groups in total. The Balaban J connectivity index is 1.40. The van der Waals surface area contributed by atoms with E-state index in [1.807, 2.05) is 51.1 Å². The van der Waals surface area contributed by atoms with E-state index in [-0.39, 0.29) is 35.7 Å². The fourth-order valence-electron chi connectivity index (χ4n) is 4.04. The van der Waals surface area contributed by atoms with E-state index in [2.05, 4.69) is 5.32 Å². The van der Waals surface area contributed by atoms with Gasteiger partial charge in [0.1, 0.15) is 23.6 Å². The van der Waals surface area contributed by atoms with E-state index in [0.717, 1.165) is 18.4 Å². The maximum absolute atomic E-state index is 12.8. The number of esters is 1. The number of rotatable bonds is 6. The van der Waals surface area contributed by atoms with Gasteiger partial charge in [-0.25, -0.2) is 4.79 Å². The van der Waals surface area contributed by atoms with Gasteiger partial charge in [0.15, 0.2) is 0 Å². The Morgan fingerprint density at radius 1 is 1.29 bits per heavy atom. The summed E-state index contributed by atoms with van der Waals surface area (Å²) in [6, 6.07) is 8.23. The number of hydrogen-bond acceptors (Lipinski definition) is 5. The summed E-state index contributed by atoms with van der Waals surface area (Å²) in [4.78, 5) is 39.5. The third kappa shape index (κ3) is 3.52. The summed E-state index contributed by atoms with van der Waals surface area (Å²) in [6.07, 6.45) is 2.32. The molecule has 1 saturated carbocycles. The molecule has 0 radical (unpaired) electrons. The zero-order valence-corrected chi connectivity index (χ0v) is 17.2. The van der Waals surface area contributed by atoms with Crippen LogP contribution in [0, 0.1) is 5.92 Å². The average Bonchev–Trinajstić information content (AvgIpc) is 3.45. The first-order valence-electron chi connectivity index (χ1n) is 9.82. The lowest BCUT2D eigenvalue weighted by molar-refractivity contribution is -0.167. The molecule has 2 heterocycles. The van der Waals surface area contributed by atoms with Gasteiger partial charge in [-0.3, -0.25) is 9.59 Å². The van der Waals surface area contributed by atoms with Crippen LogP contribution in [-0.4, -0.2) is 51.0 Å². The smallest absolute Gasteiger partial charge is 0.330 e. The van der Waals surface area contributed by atoms with Gasteiger partial charge in [-0.15, -0.1) is 11.8 Å². The monoisotopic (exact) mass is 402 g/mol. The number of β-lactam (4-membered cyclic amide) rings is 1. The number of nitrogens with one attached hydrogen (secondary N) is 1. The highest BCUT2D eigenvalue weighted by Crippen LogP contribution is 2.51. The molecule has 6 nitrogen and oxygen atoms in total. The molecule has 2 amide bonds. The maximum atomic E-state index is 12.8. The topological polar surface area (TPSA) is 75.7 Å². The highest BCUT2D eigenvalue weighted by Gasteiger charge is 2.64. The van der Waals surface area contributed by atoms with Crippen LogP contribution in [0.4, 0.5) is 0 Å². The molecule has 7 heteroatoms. The van der Waals surface area contributed by atoms with Gasteiger partial charge in [-0.1, -0.05) is 30.3 Å². The minimum absolute atomic E-state index is 0.106. The molecule has 0 aromatic heterocycles. The van der Waals surface area contributed by atoms with Crippen LogP contribution in [0.1, 0.15) is 39.2 Å². The second-order valence-corrected chi connectivity index (χ2v) is 10.2. The number of benzene rings is 1. The quantitative estimate of drug-likeness (QED) is 0.583.